The summed E-state index contributed by atoms with van der Waals surface area (Å²) >= 11 is 0. The molecule has 0 atom stereocenters. The molecule has 3 rings (SSSR count). The molecule has 7 heteroatoms. The fourth-order valence-electron chi connectivity index (χ4n) is 3.22. The van der Waals surface area contributed by atoms with E-state index in [4.69, 9.17) is 4.74 Å². The van der Waals surface area contributed by atoms with Crippen LogP contribution in [0.4, 0.5) is 5.69 Å². The van der Waals surface area contributed by atoms with E-state index in [-0.39, 0.29) is 30.9 Å². The number of anilines is 1. The zero-order valence-electron chi connectivity index (χ0n) is 17.3. The first-order valence-corrected chi connectivity index (χ1v) is 9.86. The van der Waals surface area contributed by atoms with Crippen LogP contribution in [0.15, 0.2) is 53.3 Å². The number of aryl methyl sites for hydroxylation is 1. The second-order valence-electron chi connectivity index (χ2n) is 7.36. The summed E-state index contributed by atoms with van der Waals surface area (Å²) in [6.45, 7) is 3.72. The number of carbonyl (C=O) groups is 2. The minimum Gasteiger partial charge on any atom is -0.456 e. The Labute approximate surface area is 174 Å². The van der Waals surface area contributed by atoms with E-state index in [0.29, 0.717) is 22.4 Å². The highest BCUT2D eigenvalue weighted by Gasteiger charge is 2.13. The molecular weight excluding hydrogens is 382 g/mol. The number of para-hydroxylation sites is 2. The smallest absolute Gasteiger partial charge is 0.306 e. The Hall–Kier alpha value is -3.48. The first-order chi connectivity index (χ1) is 14.4. The Morgan fingerprint density at radius 3 is 2.57 bits per heavy atom. The lowest BCUT2D eigenvalue weighted by molar-refractivity contribution is -0.147. The number of nitrogens with one attached hydrogen (secondary N) is 1. The third-order valence-corrected chi connectivity index (χ3v) is 4.85. The predicted octanol–water partition coefficient (Wildman–Crippen LogP) is 3.17. The number of nitrogens with zero attached hydrogens (tertiary/aromatic N) is 2. The van der Waals surface area contributed by atoms with Crippen LogP contribution >= 0.6 is 0 Å². The first-order valence-electron chi connectivity index (χ1n) is 9.86. The fourth-order valence-corrected chi connectivity index (χ4v) is 3.22. The molecule has 1 amide bonds. The zero-order chi connectivity index (χ0) is 21.7. The molecule has 1 heterocycles. The Bertz CT molecular complexity index is 1130. The summed E-state index contributed by atoms with van der Waals surface area (Å²) in [5.41, 5.74) is 2.16. The lowest BCUT2D eigenvalue weighted by Gasteiger charge is -2.13. The average molecular weight is 407 g/mol. The second-order valence-corrected chi connectivity index (χ2v) is 7.36. The highest BCUT2D eigenvalue weighted by molar-refractivity contribution is 5.93. The topological polar surface area (TPSA) is 90.3 Å². The van der Waals surface area contributed by atoms with Crippen molar-refractivity contribution in [3.63, 3.8) is 0 Å². The molecule has 7 nitrogen and oxygen atoms in total. The van der Waals surface area contributed by atoms with E-state index in [1.165, 1.54) is 4.57 Å². The lowest BCUT2D eigenvalue weighted by atomic mass is 10.0. The highest BCUT2D eigenvalue weighted by atomic mass is 16.5. The molecule has 0 radical (unpaired) electrons. The quantitative estimate of drug-likeness (QED) is 0.608. The molecule has 0 saturated carbocycles. The Morgan fingerprint density at radius 2 is 1.80 bits per heavy atom. The van der Waals surface area contributed by atoms with Gasteiger partial charge in [-0.15, -0.1) is 0 Å². The maximum absolute atomic E-state index is 12.4. The van der Waals surface area contributed by atoms with E-state index in [2.05, 4.69) is 10.3 Å². The number of carbonyl (C=O) groups excluding carboxylic acids is 2. The molecule has 0 aliphatic carbocycles. The number of fused-ring (bicyclic) bond motifs is 1. The molecule has 30 heavy (non-hydrogen) atoms. The van der Waals surface area contributed by atoms with E-state index >= 15 is 0 Å². The summed E-state index contributed by atoms with van der Waals surface area (Å²) in [7, 11) is 1.63. The molecule has 0 aliphatic heterocycles. The predicted molar refractivity (Wildman–Crippen MR) is 115 cm³/mol. The van der Waals surface area contributed by atoms with Crippen molar-refractivity contribution < 1.29 is 14.3 Å². The Balaban J connectivity index is 1.56. The molecule has 1 aromatic heterocycles. The number of amides is 1. The van der Waals surface area contributed by atoms with Gasteiger partial charge in [0.05, 0.1) is 17.3 Å². The number of ether oxygens (including phenoxy) is 1. The van der Waals surface area contributed by atoms with Gasteiger partial charge in [-0.25, -0.2) is 4.98 Å². The van der Waals surface area contributed by atoms with Crippen LogP contribution in [-0.2, 0) is 27.8 Å². The summed E-state index contributed by atoms with van der Waals surface area (Å²) in [5.74, 6) is -0.173. The van der Waals surface area contributed by atoms with E-state index in [1.54, 1.807) is 25.2 Å². The molecular formula is C23H25N3O4. The van der Waals surface area contributed by atoms with Gasteiger partial charge in [-0.3, -0.25) is 19.0 Å². The molecule has 3 aromatic rings. The maximum atomic E-state index is 12.4. The van der Waals surface area contributed by atoms with Crippen LogP contribution in [-0.4, -0.2) is 28.0 Å². The van der Waals surface area contributed by atoms with Gasteiger partial charge in [0.2, 0.25) is 0 Å². The SMILES string of the molecule is CC(C)c1ccccc1NC(=O)COC(=O)CCc1nc2ccccc2c(=O)n1C. The fraction of sp³-hybridized carbons (Fsp3) is 0.304. The normalized spacial score (nSPS) is 10.9. The Morgan fingerprint density at radius 1 is 1.10 bits per heavy atom. The summed E-state index contributed by atoms with van der Waals surface area (Å²) in [6, 6.07) is 14.6. The van der Waals surface area contributed by atoms with Gasteiger partial charge >= 0.3 is 5.97 Å². The van der Waals surface area contributed by atoms with Crippen LogP contribution < -0.4 is 10.9 Å². The number of hydrogen-bond acceptors (Lipinski definition) is 5. The second kappa shape index (κ2) is 9.35. The van der Waals surface area contributed by atoms with E-state index in [1.807, 2.05) is 44.2 Å². The minimum atomic E-state index is -0.523. The molecule has 0 fully saturated rings. The molecule has 0 aliphatic rings. The number of hydrogen-bond donors (Lipinski definition) is 1. The Kier molecular flexibility index (Phi) is 6.61. The summed E-state index contributed by atoms with van der Waals surface area (Å²) in [4.78, 5) is 41.1. The first kappa shape index (κ1) is 21.2. The van der Waals surface area contributed by atoms with Crippen LogP contribution in [0, 0.1) is 0 Å². The summed E-state index contributed by atoms with van der Waals surface area (Å²) in [5, 5.41) is 3.32. The van der Waals surface area contributed by atoms with Crippen molar-refractivity contribution in [2.24, 2.45) is 7.05 Å². The minimum absolute atomic E-state index is 0.0223. The van der Waals surface area contributed by atoms with Crippen molar-refractivity contribution >= 4 is 28.5 Å². The van der Waals surface area contributed by atoms with Crippen molar-refractivity contribution in [1.82, 2.24) is 9.55 Å². The lowest BCUT2D eigenvalue weighted by Crippen LogP contribution is -2.24. The van der Waals surface area contributed by atoms with Gasteiger partial charge in [0, 0.05) is 19.2 Å². The van der Waals surface area contributed by atoms with Gasteiger partial charge in [0.15, 0.2) is 6.61 Å². The van der Waals surface area contributed by atoms with Crippen LogP contribution in [0.25, 0.3) is 10.9 Å². The van der Waals surface area contributed by atoms with Gasteiger partial charge < -0.3 is 10.1 Å². The van der Waals surface area contributed by atoms with Gasteiger partial charge in [0.25, 0.3) is 11.5 Å². The zero-order valence-corrected chi connectivity index (χ0v) is 17.3. The summed E-state index contributed by atoms with van der Waals surface area (Å²) < 4.78 is 6.53. The average Bonchev–Trinajstić information content (AvgIpc) is 2.74. The van der Waals surface area contributed by atoms with Crippen LogP contribution in [0.1, 0.15) is 37.6 Å². The molecule has 0 bridgehead atoms. The third-order valence-electron chi connectivity index (χ3n) is 4.85. The maximum Gasteiger partial charge on any atom is 0.306 e. The van der Waals surface area contributed by atoms with Crippen molar-refractivity contribution in [3.8, 4) is 0 Å². The number of rotatable bonds is 7. The molecule has 2 aromatic carbocycles. The van der Waals surface area contributed by atoms with E-state index in [0.717, 1.165) is 5.56 Å². The van der Waals surface area contributed by atoms with E-state index in [9.17, 15) is 14.4 Å². The van der Waals surface area contributed by atoms with Crippen molar-refractivity contribution in [2.75, 3.05) is 11.9 Å². The molecule has 0 saturated heterocycles. The van der Waals surface area contributed by atoms with Crippen molar-refractivity contribution in [3.05, 3.63) is 70.3 Å². The monoisotopic (exact) mass is 407 g/mol. The molecule has 0 unspecified atom stereocenters. The summed E-state index contributed by atoms with van der Waals surface area (Å²) in [6.07, 6.45) is 0.266. The van der Waals surface area contributed by atoms with Gasteiger partial charge in [0.1, 0.15) is 5.82 Å². The van der Waals surface area contributed by atoms with Crippen LogP contribution in [0.3, 0.4) is 0 Å². The van der Waals surface area contributed by atoms with Gasteiger partial charge in [-0.05, 0) is 29.7 Å². The van der Waals surface area contributed by atoms with Gasteiger partial charge in [-0.1, -0.05) is 44.2 Å². The van der Waals surface area contributed by atoms with Crippen LogP contribution in [0.2, 0.25) is 0 Å². The van der Waals surface area contributed by atoms with Crippen molar-refractivity contribution in [2.45, 2.75) is 32.6 Å². The molecule has 156 valence electrons. The number of esters is 1. The van der Waals surface area contributed by atoms with Crippen LogP contribution in [0.5, 0.6) is 0 Å². The van der Waals surface area contributed by atoms with Crippen molar-refractivity contribution in [1.29, 1.82) is 0 Å². The van der Waals surface area contributed by atoms with Gasteiger partial charge in [-0.2, -0.15) is 0 Å². The van der Waals surface area contributed by atoms with E-state index < -0.39 is 11.9 Å². The standard InChI is InChI=1S/C23H25N3O4/c1-15(2)16-8-4-6-10-18(16)25-21(27)14-30-22(28)13-12-20-24-19-11-7-5-9-17(19)23(29)26(20)3/h4-11,15H,12-14H2,1-3H3,(H,25,27). The molecule has 0 spiro atoms. The number of aromatic nitrogens is 2. The number of benzene rings is 2. The largest absolute Gasteiger partial charge is 0.456 e. The third kappa shape index (κ3) is 4.92. The highest BCUT2D eigenvalue weighted by Crippen LogP contribution is 2.23. The molecule has 1 N–H and O–H groups in total.